The first-order chi connectivity index (χ1) is 16.3. The zero-order valence-corrected chi connectivity index (χ0v) is 19.8. The highest BCUT2D eigenvalue weighted by molar-refractivity contribution is 5.90. The van der Waals surface area contributed by atoms with Crippen LogP contribution in [0, 0.1) is 5.92 Å². The van der Waals surface area contributed by atoms with Crippen molar-refractivity contribution in [2.75, 3.05) is 19.7 Å². The van der Waals surface area contributed by atoms with Crippen LogP contribution in [0.2, 0.25) is 0 Å². The number of hydrogen-bond acceptors (Lipinski definition) is 4. The Morgan fingerprint density at radius 1 is 1.06 bits per heavy atom. The summed E-state index contributed by atoms with van der Waals surface area (Å²) in [4.78, 5) is 38.8. The molecule has 1 atom stereocenters. The number of amides is 2. The fourth-order valence-corrected chi connectivity index (χ4v) is 4.99. The van der Waals surface area contributed by atoms with Gasteiger partial charge in [0, 0.05) is 25.4 Å². The van der Waals surface area contributed by atoms with Crippen LogP contribution in [-0.2, 0) is 14.3 Å². The maximum Gasteiger partial charge on any atom is 0.408 e. The molecule has 7 nitrogen and oxygen atoms in total. The second kappa shape index (κ2) is 9.87. The second-order valence-electron chi connectivity index (χ2n) is 9.31. The maximum atomic E-state index is 13.4. The molecule has 0 saturated heterocycles. The van der Waals surface area contributed by atoms with E-state index in [-0.39, 0.29) is 30.8 Å². The molecule has 0 spiro atoms. The van der Waals surface area contributed by atoms with Crippen molar-refractivity contribution in [2.24, 2.45) is 5.92 Å². The van der Waals surface area contributed by atoms with E-state index in [0.29, 0.717) is 19.5 Å². The first-order valence-electron chi connectivity index (χ1n) is 12.0. The minimum Gasteiger partial charge on any atom is -0.481 e. The van der Waals surface area contributed by atoms with Gasteiger partial charge >= 0.3 is 12.1 Å². The van der Waals surface area contributed by atoms with Crippen molar-refractivity contribution in [1.82, 2.24) is 10.2 Å². The van der Waals surface area contributed by atoms with Crippen LogP contribution in [0.5, 0.6) is 0 Å². The third kappa shape index (κ3) is 4.79. The lowest BCUT2D eigenvalue weighted by molar-refractivity contribution is -0.140. The van der Waals surface area contributed by atoms with Crippen LogP contribution < -0.4 is 5.32 Å². The molecule has 34 heavy (non-hydrogen) atoms. The number of rotatable bonds is 10. The number of carbonyl (C=O) groups excluding carboxylic acids is 2. The lowest BCUT2D eigenvalue weighted by Gasteiger charge is -2.35. The molecule has 2 aliphatic rings. The molecule has 2 aromatic rings. The fraction of sp³-hybridized carbons (Fsp3) is 0.444. The average molecular weight is 465 g/mol. The molecule has 0 bridgehead atoms. The highest BCUT2D eigenvalue weighted by atomic mass is 16.5. The summed E-state index contributed by atoms with van der Waals surface area (Å²) in [5.74, 6) is -1.07. The van der Waals surface area contributed by atoms with E-state index in [4.69, 9.17) is 9.84 Å². The van der Waals surface area contributed by atoms with Gasteiger partial charge in [-0.3, -0.25) is 9.59 Å². The molecular formula is C27H32N2O5. The first kappa shape index (κ1) is 23.8. The van der Waals surface area contributed by atoms with Crippen molar-refractivity contribution < 1.29 is 24.2 Å². The van der Waals surface area contributed by atoms with E-state index in [0.717, 1.165) is 35.1 Å². The van der Waals surface area contributed by atoms with Crippen molar-refractivity contribution in [2.45, 2.75) is 51.0 Å². The molecule has 2 aromatic carbocycles. The van der Waals surface area contributed by atoms with E-state index >= 15 is 0 Å². The number of carbonyl (C=O) groups is 3. The molecular weight excluding hydrogens is 432 g/mol. The van der Waals surface area contributed by atoms with Crippen molar-refractivity contribution in [3.8, 4) is 11.1 Å². The summed E-state index contributed by atoms with van der Waals surface area (Å²) >= 11 is 0. The molecule has 2 amide bonds. The minimum atomic E-state index is -1.07. The number of likely N-dealkylation sites (N-methyl/N-ethyl adjacent to an activating group) is 1. The number of hydrogen-bond donors (Lipinski definition) is 2. The zero-order chi connectivity index (χ0) is 24.3. The van der Waals surface area contributed by atoms with Gasteiger partial charge in [0.25, 0.3) is 0 Å². The Kier molecular flexibility index (Phi) is 6.91. The Labute approximate surface area is 200 Å². The third-order valence-electron chi connectivity index (χ3n) is 7.03. The number of carboxylic acids is 1. The largest absolute Gasteiger partial charge is 0.481 e. The number of benzene rings is 2. The van der Waals surface area contributed by atoms with Gasteiger partial charge in [0.15, 0.2) is 0 Å². The number of nitrogens with zero attached hydrogens (tertiary/aromatic N) is 1. The number of ether oxygens (including phenoxy) is 1. The standard InChI is InChI=1S/C27H32N2O5/c1-3-29(16-8-13-24(30)31)25(32)27(2,18-14-15-18)28-26(33)34-17-23-21-11-6-4-9-19(21)20-10-5-7-12-22(20)23/h4-7,9-12,18,23H,3,8,13-17H2,1-2H3,(H,28,33)(H,30,31). The van der Waals surface area contributed by atoms with Crippen LogP contribution in [0.15, 0.2) is 48.5 Å². The lowest BCUT2D eigenvalue weighted by Crippen LogP contribution is -2.59. The molecule has 0 heterocycles. The summed E-state index contributed by atoms with van der Waals surface area (Å²) in [6.07, 6.45) is 1.49. The van der Waals surface area contributed by atoms with E-state index in [9.17, 15) is 14.4 Å². The van der Waals surface area contributed by atoms with Gasteiger partial charge in [-0.15, -0.1) is 0 Å². The molecule has 1 unspecified atom stereocenters. The molecule has 2 N–H and O–H groups in total. The van der Waals surface area contributed by atoms with E-state index in [2.05, 4.69) is 29.6 Å². The predicted octanol–water partition coefficient (Wildman–Crippen LogP) is 4.41. The fourth-order valence-electron chi connectivity index (χ4n) is 4.99. The van der Waals surface area contributed by atoms with Crippen LogP contribution in [0.25, 0.3) is 11.1 Å². The van der Waals surface area contributed by atoms with Crippen molar-refractivity contribution in [3.63, 3.8) is 0 Å². The maximum absolute atomic E-state index is 13.4. The van der Waals surface area contributed by atoms with Gasteiger partial charge in [0.1, 0.15) is 12.1 Å². The summed E-state index contributed by atoms with van der Waals surface area (Å²) in [7, 11) is 0. The SMILES string of the molecule is CCN(CCCC(=O)O)C(=O)C(C)(NC(=O)OCC1c2ccccc2-c2ccccc21)C1CC1. The summed E-state index contributed by atoms with van der Waals surface area (Å²) in [5.41, 5.74) is 3.51. The van der Waals surface area contributed by atoms with Gasteiger partial charge in [0.2, 0.25) is 5.91 Å². The van der Waals surface area contributed by atoms with Crippen molar-refractivity contribution >= 4 is 18.0 Å². The summed E-state index contributed by atoms with van der Waals surface area (Å²) in [6.45, 7) is 4.60. The number of nitrogens with one attached hydrogen (secondary N) is 1. The van der Waals surface area contributed by atoms with Crippen LogP contribution >= 0.6 is 0 Å². The molecule has 180 valence electrons. The predicted molar refractivity (Wildman–Crippen MR) is 128 cm³/mol. The topological polar surface area (TPSA) is 95.9 Å². The van der Waals surface area contributed by atoms with Crippen LogP contribution in [-0.4, -0.2) is 53.2 Å². The van der Waals surface area contributed by atoms with Crippen LogP contribution in [0.1, 0.15) is 56.6 Å². The average Bonchev–Trinajstić information content (AvgIpc) is 3.64. The quantitative estimate of drug-likeness (QED) is 0.543. The molecule has 0 aliphatic heterocycles. The Morgan fingerprint density at radius 2 is 1.65 bits per heavy atom. The monoisotopic (exact) mass is 464 g/mol. The van der Waals surface area contributed by atoms with E-state index in [1.165, 1.54) is 0 Å². The molecule has 4 rings (SSSR count). The number of aliphatic carboxylic acids is 1. The zero-order valence-electron chi connectivity index (χ0n) is 19.8. The van der Waals surface area contributed by atoms with E-state index in [1.54, 1.807) is 11.8 Å². The van der Waals surface area contributed by atoms with Gasteiger partial charge in [0.05, 0.1) is 0 Å². The number of alkyl carbamates (subject to hydrolysis) is 1. The van der Waals surface area contributed by atoms with E-state index in [1.807, 2.05) is 31.2 Å². The van der Waals surface area contributed by atoms with Crippen LogP contribution in [0.3, 0.4) is 0 Å². The van der Waals surface area contributed by atoms with E-state index < -0.39 is 17.6 Å². The minimum absolute atomic E-state index is 0.00370. The smallest absolute Gasteiger partial charge is 0.408 e. The highest BCUT2D eigenvalue weighted by Gasteiger charge is 2.50. The first-order valence-corrected chi connectivity index (χ1v) is 12.0. The lowest BCUT2D eigenvalue weighted by atomic mass is 9.93. The van der Waals surface area contributed by atoms with Crippen molar-refractivity contribution in [1.29, 1.82) is 0 Å². The molecule has 1 fully saturated rings. The molecule has 2 aliphatic carbocycles. The van der Waals surface area contributed by atoms with Gasteiger partial charge in [-0.25, -0.2) is 4.79 Å². The highest BCUT2D eigenvalue weighted by Crippen LogP contribution is 2.45. The van der Waals surface area contributed by atoms with Gasteiger partial charge in [-0.05, 0) is 61.3 Å². The normalized spacial score (nSPS) is 16.2. The van der Waals surface area contributed by atoms with Gasteiger partial charge in [-0.2, -0.15) is 0 Å². The molecule has 0 aromatic heterocycles. The Hall–Kier alpha value is -3.35. The number of carboxylic acid groups (broad SMARTS) is 1. The Morgan fingerprint density at radius 3 is 2.18 bits per heavy atom. The van der Waals surface area contributed by atoms with Crippen molar-refractivity contribution in [3.05, 3.63) is 59.7 Å². The number of fused-ring (bicyclic) bond motifs is 3. The van der Waals surface area contributed by atoms with Gasteiger partial charge in [-0.1, -0.05) is 48.5 Å². The van der Waals surface area contributed by atoms with Gasteiger partial charge < -0.3 is 20.1 Å². The third-order valence-corrected chi connectivity index (χ3v) is 7.03. The Balaban J connectivity index is 1.43. The Bertz CT molecular complexity index is 1030. The summed E-state index contributed by atoms with van der Waals surface area (Å²) in [6, 6.07) is 16.3. The second-order valence-corrected chi connectivity index (χ2v) is 9.31. The summed E-state index contributed by atoms with van der Waals surface area (Å²) in [5, 5.41) is 11.8. The molecule has 1 saturated carbocycles. The molecule has 7 heteroatoms. The van der Waals surface area contributed by atoms with Crippen LogP contribution in [0.4, 0.5) is 4.79 Å². The molecule has 0 radical (unpaired) electrons. The summed E-state index contributed by atoms with van der Waals surface area (Å²) < 4.78 is 5.69.